The van der Waals surface area contributed by atoms with Gasteiger partial charge in [0.1, 0.15) is 11.6 Å². The molecule has 1 aromatic heterocycles. The third-order valence-electron chi connectivity index (χ3n) is 3.18. The van der Waals surface area contributed by atoms with Gasteiger partial charge in [0, 0.05) is 11.8 Å². The molecule has 1 heterocycles. The lowest BCUT2D eigenvalue weighted by Crippen LogP contribution is -1.94. The number of rotatable bonds is 4. The van der Waals surface area contributed by atoms with Crippen LogP contribution in [-0.2, 0) is 0 Å². The zero-order valence-electron chi connectivity index (χ0n) is 12.1. The van der Waals surface area contributed by atoms with Crippen LogP contribution in [0.1, 0.15) is 5.56 Å². The van der Waals surface area contributed by atoms with E-state index in [-0.39, 0.29) is 10.8 Å². The number of anilines is 1. The normalized spacial score (nSPS) is 10.8. The number of hydrogen-bond donors (Lipinski definition) is 2. The van der Waals surface area contributed by atoms with Crippen molar-refractivity contribution in [1.82, 2.24) is 9.97 Å². The second-order valence-corrected chi connectivity index (χ2v) is 5.25. The van der Waals surface area contributed by atoms with E-state index < -0.39 is 0 Å². The van der Waals surface area contributed by atoms with E-state index >= 15 is 0 Å². The van der Waals surface area contributed by atoms with Gasteiger partial charge in [0.2, 0.25) is 0 Å². The SMILES string of the molecule is Oc1ccc(-c2cncc(NC=Cc3ccccc3)n2)cc1Cl. The molecule has 0 fully saturated rings. The summed E-state index contributed by atoms with van der Waals surface area (Å²) in [6, 6.07) is 14.9. The molecule has 0 unspecified atom stereocenters. The van der Waals surface area contributed by atoms with Crippen molar-refractivity contribution in [1.29, 1.82) is 0 Å². The Hall–Kier alpha value is -2.85. The Labute approximate surface area is 139 Å². The van der Waals surface area contributed by atoms with Crippen LogP contribution in [0.4, 0.5) is 5.82 Å². The zero-order chi connectivity index (χ0) is 16.1. The summed E-state index contributed by atoms with van der Waals surface area (Å²) in [5.41, 5.74) is 2.55. The van der Waals surface area contributed by atoms with Crippen molar-refractivity contribution in [2.24, 2.45) is 0 Å². The highest BCUT2D eigenvalue weighted by Gasteiger charge is 2.05. The molecule has 0 aliphatic carbocycles. The number of halogens is 1. The minimum Gasteiger partial charge on any atom is -0.506 e. The first-order chi connectivity index (χ1) is 11.2. The lowest BCUT2D eigenvalue weighted by atomic mass is 10.1. The summed E-state index contributed by atoms with van der Waals surface area (Å²) in [7, 11) is 0. The highest BCUT2D eigenvalue weighted by Crippen LogP contribution is 2.28. The van der Waals surface area contributed by atoms with Gasteiger partial charge in [-0.15, -0.1) is 0 Å². The molecule has 2 aromatic carbocycles. The number of nitrogens with zero attached hydrogens (tertiary/aromatic N) is 2. The van der Waals surface area contributed by atoms with Crippen molar-refractivity contribution in [2.45, 2.75) is 0 Å². The maximum atomic E-state index is 9.48. The lowest BCUT2D eigenvalue weighted by molar-refractivity contribution is 0.475. The molecule has 0 aliphatic rings. The Kier molecular flexibility index (Phi) is 4.54. The molecular formula is C18H14ClN3O. The van der Waals surface area contributed by atoms with Gasteiger partial charge in [0.15, 0.2) is 0 Å². The molecular weight excluding hydrogens is 310 g/mol. The standard InChI is InChI=1S/C18H14ClN3O/c19-15-10-14(6-7-17(15)23)16-11-20-12-18(22-16)21-9-8-13-4-2-1-3-5-13/h1-12,23H,(H,21,22). The molecule has 0 amide bonds. The highest BCUT2D eigenvalue weighted by molar-refractivity contribution is 6.32. The number of benzene rings is 2. The summed E-state index contributed by atoms with van der Waals surface area (Å²) in [5.74, 6) is 0.669. The van der Waals surface area contributed by atoms with Crippen molar-refractivity contribution in [3.8, 4) is 17.0 Å². The number of nitrogens with one attached hydrogen (secondary N) is 1. The molecule has 0 spiro atoms. The van der Waals surface area contributed by atoms with Crippen molar-refractivity contribution in [3.05, 3.63) is 77.7 Å². The van der Waals surface area contributed by atoms with Crippen molar-refractivity contribution >= 4 is 23.5 Å². The fourth-order valence-electron chi connectivity index (χ4n) is 2.03. The van der Waals surface area contributed by atoms with Gasteiger partial charge in [-0.1, -0.05) is 41.9 Å². The van der Waals surface area contributed by atoms with E-state index in [9.17, 15) is 5.11 Å². The molecule has 0 radical (unpaired) electrons. The Morgan fingerprint density at radius 2 is 1.87 bits per heavy atom. The highest BCUT2D eigenvalue weighted by atomic mass is 35.5. The van der Waals surface area contributed by atoms with E-state index in [2.05, 4.69) is 15.3 Å². The molecule has 3 aromatic rings. The van der Waals surface area contributed by atoms with Crippen LogP contribution in [0.2, 0.25) is 5.02 Å². The minimum atomic E-state index is 0.0449. The number of phenolic OH excluding ortho intramolecular Hbond substituents is 1. The maximum absolute atomic E-state index is 9.48. The Morgan fingerprint density at radius 3 is 2.65 bits per heavy atom. The number of aromatic hydroxyl groups is 1. The van der Waals surface area contributed by atoms with E-state index in [1.54, 1.807) is 24.5 Å². The van der Waals surface area contributed by atoms with Crippen LogP contribution < -0.4 is 5.32 Å². The van der Waals surface area contributed by atoms with Gasteiger partial charge in [-0.25, -0.2) is 4.98 Å². The fraction of sp³-hybridized carbons (Fsp3) is 0. The predicted molar refractivity (Wildman–Crippen MR) is 93.2 cm³/mol. The topological polar surface area (TPSA) is 58.0 Å². The van der Waals surface area contributed by atoms with Gasteiger partial charge in [-0.2, -0.15) is 0 Å². The van der Waals surface area contributed by atoms with E-state index in [4.69, 9.17) is 11.6 Å². The summed E-state index contributed by atoms with van der Waals surface area (Å²) in [6.45, 7) is 0. The van der Waals surface area contributed by atoms with Gasteiger partial charge in [0.05, 0.1) is 23.1 Å². The maximum Gasteiger partial charge on any atom is 0.149 e. The number of hydrogen-bond acceptors (Lipinski definition) is 4. The van der Waals surface area contributed by atoms with E-state index in [0.29, 0.717) is 11.5 Å². The summed E-state index contributed by atoms with van der Waals surface area (Å²) in [4.78, 5) is 8.65. The van der Waals surface area contributed by atoms with E-state index in [0.717, 1.165) is 11.1 Å². The molecule has 0 saturated heterocycles. The Bertz CT molecular complexity index is 835. The molecule has 0 saturated carbocycles. The third kappa shape index (κ3) is 3.87. The van der Waals surface area contributed by atoms with Gasteiger partial charge in [-0.3, -0.25) is 4.98 Å². The third-order valence-corrected chi connectivity index (χ3v) is 3.49. The second kappa shape index (κ2) is 6.94. The van der Waals surface area contributed by atoms with E-state index in [1.807, 2.05) is 42.6 Å². The summed E-state index contributed by atoms with van der Waals surface area (Å²) < 4.78 is 0. The van der Waals surface area contributed by atoms with Gasteiger partial charge in [-0.05, 0) is 29.8 Å². The first-order valence-electron chi connectivity index (χ1n) is 7.01. The fourth-order valence-corrected chi connectivity index (χ4v) is 2.21. The molecule has 114 valence electrons. The summed E-state index contributed by atoms with van der Waals surface area (Å²) in [6.07, 6.45) is 7.05. The largest absolute Gasteiger partial charge is 0.506 e. The minimum absolute atomic E-state index is 0.0449. The molecule has 4 nitrogen and oxygen atoms in total. The molecule has 0 bridgehead atoms. The molecule has 2 N–H and O–H groups in total. The summed E-state index contributed by atoms with van der Waals surface area (Å²) >= 11 is 5.93. The Morgan fingerprint density at radius 1 is 1.04 bits per heavy atom. The predicted octanol–water partition coefficient (Wildman–Crippen LogP) is 4.59. The average Bonchev–Trinajstić information content (AvgIpc) is 2.59. The molecule has 3 rings (SSSR count). The summed E-state index contributed by atoms with van der Waals surface area (Å²) in [5, 5.41) is 12.9. The van der Waals surface area contributed by atoms with Crippen LogP contribution in [-0.4, -0.2) is 15.1 Å². The van der Waals surface area contributed by atoms with Gasteiger partial charge < -0.3 is 10.4 Å². The average molecular weight is 324 g/mol. The smallest absolute Gasteiger partial charge is 0.149 e. The Balaban J connectivity index is 1.77. The monoisotopic (exact) mass is 323 g/mol. The molecule has 23 heavy (non-hydrogen) atoms. The van der Waals surface area contributed by atoms with Gasteiger partial charge in [0.25, 0.3) is 0 Å². The lowest BCUT2D eigenvalue weighted by Gasteiger charge is -2.05. The number of aromatic nitrogens is 2. The van der Waals surface area contributed by atoms with E-state index in [1.165, 1.54) is 6.07 Å². The van der Waals surface area contributed by atoms with Crippen LogP contribution in [0, 0.1) is 0 Å². The second-order valence-electron chi connectivity index (χ2n) is 4.84. The van der Waals surface area contributed by atoms with Gasteiger partial charge >= 0.3 is 0 Å². The van der Waals surface area contributed by atoms with Crippen LogP contribution in [0.25, 0.3) is 17.3 Å². The van der Waals surface area contributed by atoms with Crippen LogP contribution >= 0.6 is 11.6 Å². The van der Waals surface area contributed by atoms with Crippen LogP contribution in [0.5, 0.6) is 5.75 Å². The van der Waals surface area contributed by atoms with Crippen molar-refractivity contribution in [3.63, 3.8) is 0 Å². The molecule has 0 aliphatic heterocycles. The quantitative estimate of drug-likeness (QED) is 0.737. The number of phenols is 1. The molecule has 5 heteroatoms. The zero-order valence-corrected chi connectivity index (χ0v) is 12.9. The van der Waals surface area contributed by atoms with Crippen LogP contribution in [0.15, 0.2) is 67.1 Å². The molecule has 0 atom stereocenters. The first kappa shape index (κ1) is 15.1. The van der Waals surface area contributed by atoms with Crippen molar-refractivity contribution in [2.75, 3.05) is 5.32 Å². The van der Waals surface area contributed by atoms with Crippen LogP contribution in [0.3, 0.4) is 0 Å². The van der Waals surface area contributed by atoms with Crippen molar-refractivity contribution < 1.29 is 5.11 Å². The first-order valence-corrected chi connectivity index (χ1v) is 7.39.